The third kappa shape index (κ3) is 4.01. The molecule has 30 heavy (non-hydrogen) atoms. The fraction of sp³-hybridized carbons (Fsp3) is 0.250. The smallest absolute Gasteiger partial charge is 0.264 e. The van der Waals surface area contributed by atoms with Gasteiger partial charge in [-0.2, -0.15) is 5.10 Å². The van der Waals surface area contributed by atoms with Crippen molar-refractivity contribution in [2.24, 2.45) is 0 Å². The molecule has 3 aromatic rings. The number of nitrogens with one attached hydrogen (secondary N) is 2. The van der Waals surface area contributed by atoms with E-state index in [1.807, 2.05) is 10.6 Å². The maximum Gasteiger partial charge on any atom is 0.264 e. The quantitative estimate of drug-likeness (QED) is 0.547. The van der Waals surface area contributed by atoms with E-state index in [0.29, 0.717) is 27.9 Å². The van der Waals surface area contributed by atoms with Crippen LogP contribution in [0.3, 0.4) is 0 Å². The molecule has 1 amide bonds. The van der Waals surface area contributed by atoms with Gasteiger partial charge in [0.15, 0.2) is 10.6 Å². The van der Waals surface area contributed by atoms with Gasteiger partial charge in [0.1, 0.15) is 0 Å². The van der Waals surface area contributed by atoms with Crippen LogP contribution in [-0.2, 0) is 16.6 Å². The van der Waals surface area contributed by atoms with E-state index < -0.39 is 10.0 Å². The van der Waals surface area contributed by atoms with Crippen molar-refractivity contribution in [3.63, 3.8) is 0 Å². The Hall–Kier alpha value is -2.98. The number of hydrogen-bond donors (Lipinski definition) is 2. The number of amides is 1. The SMILES string of the molecule is CN(c1ccccc1)S(=O)(=O)c1ccc(C(=O)NCc2n[nH]c(=S)n2C2CC2)cc1. The number of sulfonamides is 1. The van der Waals surface area contributed by atoms with Crippen LogP contribution in [0.25, 0.3) is 0 Å². The van der Waals surface area contributed by atoms with Gasteiger partial charge in [0.25, 0.3) is 15.9 Å². The predicted octanol–water partition coefficient (Wildman–Crippen LogP) is 3.03. The number of benzene rings is 2. The van der Waals surface area contributed by atoms with Gasteiger partial charge in [-0.25, -0.2) is 8.42 Å². The molecular formula is C20H21N5O3S2. The summed E-state index contributed by atoms with van der Waals surface area (Å²) in [5.74, 6) is 0.367. The second-order valence-corrected chi connectivity index (χ2v) is 9.42. The molecule has 156 valence electrons. The highest BCUT2D eigenvalue weighted by molar-refractivity contribution is 7.92. The van der Waals surface area contributed by atoms with Gasteiger partial charge in [0, 0.05) is 18.7 Å². The molecule has 1 aliphatic carbocycles. The first-order valence-electron chi connectivity index (χ1n) is 9.46. The predicted molar refractivity (Wildman–Crippen MR) is 115 cm³/mol. The number of carbonyl (C=O) groups excluding carboxylic acids is 1. The molecule has 0 unspecified atom stereocenters. The molecule has 0 aliphatic heterocycles. The van der Waals surface area contributed by atoms with Crippen LogP contribution in [0.1, 0.15) is 35.1 Å². The van der Waals surface area contributed by atoms with Gasteiger partial charge >= 0.3 is 0 Å². The number of nitrogens with zero attached hydrogens (tertiary/aromatic N) is 3. The van der Waals surface area contributed by atoms with Crippen LogP contribution >= 0.6 is 12.2 Å². The van der Waals surface area contributed by atoms with Gasteiger partial charge in [-0.1, -0.05) is 18.2 Å². The number of aromatic amines is 1. The number of aromatic nitrogens is 3. The lowest BCUT2D eigenvalue weighted by atomic mass is 10.2. The Kier molecular flexibility index (Phi) is 5.44. The average molecular weight is 444 g/mol. The van der Waals surface area contributed by atoms with Crippen molar-refractivity contribution >= 4 is 33.8 Å². The first kappa shape index (κ1) is 20.3. The summed E-state index contributed by atoms with van der Waals surface area (Å²) in [7, 11) is -2.22. The van der Waals surface area contributed by atoms with Crippen molar-refractivity contribution in [3.05, 3.63) is 70.8 Å². The van der Waals surface area contributed by atoms with Crippen LogP contribution in [0.4, 0.5) is 5.69 Å². The molecule has 4 rings (SSSR count). The lowest BCUT2D eigenvalue weighted by Gasteiger charge is -2.19. The summed E-state index contributed by atoms with van der Waals surface area (Å²) in [6, 6.07) is 15.0. The number of carbonyl (C=O) groups is 1. The van der Waals surface area contributed by atoms with Crippen molar-refractivity contribution < 1.29 is 13.2 Å². The Morgan fingerprint density at radius 2 is 1.87 bits per heavy atom. The number of H-pyrrole nitrogens is 1. The third-order valence-electron chi connectivity index (χ3n) is 4.99. The highest BCUT2D eigenvalue weighted by Crippen LogP contribution is 2.35. The number of anilines is 1. The molecule has 0 saturated heterocycles. The molecule has 8 nitrogen and oxygen atoms in total. The molecule has 1 saturated carbocycles. The van der Waals surface area contributed by atoms with Crippen molar-refractivity contribution in [2.45, 2.75) is 30.3 Å². The van der Waals surface area contributed by atoms with Crippen LogP contribution in [0, 0.1) is 4.77 Å². The molecule has 0 bridgehead atoms. The second kappa shape index (κ2) is 8.04. The number of hydrogen-bond acceptors (Lipinski definition) is 5. The molecule has 0 atom stereocenters. The largest absolute Gasteiger partial charge is 0.345 e. The topological polar surface area (TPSA) is 100 Å². The Morgan fingerprint density at radius 1 is 1.20 bits per heavy atom. The first-order valence-corrected chi connectivity index (χ1v) is 11.3. The standard InChI is InChI=1S/C20H21N5O3S2/c1-24(15-5-3-2-4-6-15)30(27,28)17-11-7-14(8-12-17)19(26)21-13-18-22-23-20(29)25(18)16-9-10-16/h2-8,11-12,16H,9-10,13H2,1H3,(H,21,26)(H,23,29). The minimum Gasteiger partial charge on any atom is -0.345 e. The summed E-state index contributed by atoms with van der Waals surface area (Å²) in [4.78, 5) is 12.6. The van der Waals surface area contributed by atoms with Crippen LogP contribution in [0.2, 0.25) is 0 Å². The fourth-order valence-corrected chi connectivity index (χ4v) is 4.64. The summed E-state index contributed by atoms with van der Waals surface area (Å²) in [5.41, 5.74) is 0.923. The van der Waals surface area contributed by atoms with Crippen LogP contribution in [-0.4, -0.2) is 36.1 Å². The molecule has 1 heterocycles. The van der Waals surface area contributed by atoms with Gasteiger partial charge in [-0.3, -0.25) is 18.8 Å². The highest BCUT2D eigenvalue weighted by Gasteiger charge is 2.27. The molecule has 1 aromatic heterocycles. The van der Waals surface area contributed by atoms with Crippen LogP contribution in [0.15, 0.2) is 59.5 Å². The van der Waals surface area contributed by atoms with E-state index in [1.54, 1.807) is 24.3 Å². The summed E-state index contributed by atoms with van der Waals surface area (Å²) >= 11 is 5.24. The van der Waals surface area contributed by atoms with Gasteiger partial charge in [-0.15, -0.1) is 0 Å². The van der Waals surface area contributed by atoms with Gasteiger partial charge in [-0.05, 0) is 61.5 Å². The maximum absolute atomic E-state index is 12.8. The lowest BCUT2D eigenvalue weighted by molar-refractivity contribution is 0.0949. The minimum absolute atomic E-state index is 0.111. The van der Waals surface area contributed by atoms with Gasteiger partial charge < -0.3 is 5.32 Å². The van der Waals surface area contributed by atoms with E-state index in [4.69, 9.17) is 12.2 Å². The lowest BCUT2D eigenvalue weighted by Crippen LogP contribution is -2.27. The molecule has 1 fully saturated rings. The molecule has 0 spiro atoms. The second-order valence-electron chi connectivity index (χ2n) is 7.06. The molecule has 2 N–H and O–H groups in total. The first-order chi connectivity index (χ1) is 14.4. The molecule has 0 radical (unpaired) electrons. The van der Waals surface area contributed by atoms with E-state index >= 15 is 0 Å². The van der Waals surface area contributed by atoms with E-state index in [9.17, 15) is 13.2 Å². The molecule has 1 aliphatic rings. The monoisotopic (exact) mass is 443 g/mol. The Morgan fingerprint density at radius 3 is 2.50 bits per heavy atom. The van der Waals surface area contributed by atoms with Crippen LogP contribution < -0.4 is 9.62 Å². The summed E-state index contributed by atoms with van der Waals surface area (Å²) in [6.45, 7) is 0.235. The Labute approximate surface area is 179 Å². The highest BCUT2D eigenvalue weighted by atomic mass is 32.2. The molecule has 2 aromatic carbocycles. The van der Waals surface area contributed by atoms with Crippen molar-refractivity contribution in [2.75, 3.05) is 11.4 Å². The van der Waals surface area contributed by atoms with Crippen molar-refractivity contribution in [3.8, 4) is 0 Å². The Bertz CT molecular complexity index is 1210. The van der Waals surface area contributed by atoms with Crippen molar-refractivity contribution in [1.82, 2.24) is 20.1 Å². The van der Waals surface area contributed by atoms with Gasteiger partial charge in [0.2, 0.25) is 0 Å². The minimum atomic E-state index is -3.72. The van der Waals surface area contributed by atoms with E-state index in [0.717, 1.165) is 12.8 Å². The zero-order chi connectivity index (χ0) is 21.3. The number of para-hydroxylation sites is 1. The van der Waals surface area contributed by atoms with Crippen molar-refractivity contribution in [1.29, 1.82) is 0 Å². The Balaban J connectivity index is 1.45. The summed E-state index contributed by atoms with van der Waals surface area (Å²) in [6.07, 6.45) is 2.12. The van der Waals surface area contributed by atoms with E-state index in [-0.39, 0.29) is 17.3 Å². The van der Waals surface area contributed by atoms with E-state index in [2.05, 4.69) is 15.5 Å². The number of rotatable bonds is 7. The maximum atomic E-state index is 12.8. The molecular weight excluding hydrogens is 422 g/mol. The summed E-state index contributed by atoms with van der Waals surface area (Å²) < 4.78 is 29.4. The van der Waals surface area contributed by atoms with E-state index in [1.165, 1.54) is 35.6 Å². The molecule has 10 heteroatoms. The summed E-state index contributed by atoms with van der Waals surface area (Å²) in [5, 5.41) is 9.76. The fourth-order valence-electron chi connectivity index (χ4n) is 3.15. The zero-order valence-corrected chi connectivity index (χ0v) is 17.9. The normalized spacial score (nSPS) is 13.8. The van der Waals surface area contributed by atoms with Crippen LogP contribution in [0.5, 0.6) is 0 Å². The zero-order valence-electron chi connectivity index (χ0n) is 16.3. The van der Waals surface area contributed by atoms with Gasteiger partial charge in [0.05, 0.1) is 17.1 Å². The third-order valence-corrected chi connectivity index (χ3v) is 7.08. The average Bonchev–Trinajstić information content (AvgIpc) is 3.54.